The number of carbonyl (C=O) groups is 1. The quantitative estimate of drug-likeness (QED) is 0.698. The molecule has 1 saturated heterocycles. The van der Waals surface area contributed by atoms with E-state index in [1.165, 1.54) is 0 Å². The lowest BCUT2D eigenvalue weighted by Crippen LogP contribution is -2.39. The Balaban J connectivity index is 2.23. The molecule has 0 radical (unpaired) electrons. The third-order valence-electron chi connectivity index (χ3n) is 5.89. The summed E-state index contributed by atoms with van der Waals surface area (Å²) in [6.45, 7) is 15.8. The first-order chi connectivity index (χ1) is 14.4. The Hall–Kier alpha value is -2.47. The van der Waals surface area contributed by atoms with E-state index in [2.05, 4.69) is 28.7 Å². The van der Waals surface area contributed by atoms with Gasteiger partial charge in [0, 0.05) is 48.0 Å². The van der Waals surface area contributed by atoms with Crippen LogP contribution in [0.4, 0.5) is 5.69 Å². The van der Waals surface area contributed by atoms with Crippen LogP contribution in [0.3, 0.4) is 0 Å². The monoisotopic (exact) mass is 425 g/mol. The van der Waals surface area contributed by atoms with Gasteiger partial charge in [0.25, 0.3) is 0 Å². The van der Waals surface area contributed by atoms with Crippen molar-refractivity contribution >= 4 is 11.7 Å². The first-order valence-corrected chi connectivity index (χ1v) is 11.0. The molecule has 31 heavy (non-hydrogen) atoms. The maximum Gasteiger partial charge on any atom is 0.337 e. The van der Waals surface area contributed by atoms with Crippen LogP contribution in [0.5, 0.6) is 0 Å². The van der Waals surface area contributed by atoms with Gasteiger partial charge in [0.05, 0.1) is 11.3 Å². The highest BCUT2D eigenvalue weighted by atomic mass is 16.5. The maximum atomic E-state index is 12.4. The van der Waals surface area contributed by atoms with Gasteiger partial charge < -0.3 is 14.7 Å². The van der Waals surface area contributed by atoms with Crippen molar-refractivity contribution in [1.29, 1.82) is 0 Å². The average molecular weight is 426 g/mol. The zero-order chi connectivity index (χ0) is 23.0. The molecule has 6 nitrogen and oxygen atoms in total. The maximum absolute atomic E-state index is 12.4. The van der Waals surface area contributed by atoms with Crippen LogP contribution in [0.25, 0.3) is 11.1 Å². The number of pyridine rings is 2. The van der Waals surface area contributed by atoms with E-state index < -0.39 is 17.7 Å². The van der Waals surface area contributed by atoms with E-state index in [0.717, 1.165) is 48.4 Å². The van der Waals surface area contributed by atoms with E-state index in [0.29, 0.717) is 11.3 Å². The molecule has 168 valence electrons. The topological polar surface area (TPSA) is 75.6 Å². The Morgan fingerprint density at radius 3 is 2.39 bits per heavy atom. The summed E-state index contributed by atoms with van der Waals surface area (Å²) in [6, 6.07) is 3.98. The van der Waals surface area contributed by atoms with Crippen LogP contribution in [0.15, 0.2) is 24.5 Å². The van der Waals surface area contributed by atoms with Gasteiger partial charge in [-0.1, -0.05) is 13.8 Å². The van der Waals surface area contributed by atoms with Gasteiger partial charge in [-0.3, -0.25) is 9.97 Å². The predicted octanol–water partition coefficient (Wildman–Crippen LogP) is 5.33. The summed E-state index contributed by atoms with van der Waals surface area (Å²) in [5.74, 6) is -0.999. The zero-order valence-electron chi connectivity index (χ0n) is 19.8. The van der Waals surface area contributed by atoms with Crippen LogP contribution < -0.4 is 4.90 Å². The summed E-state index contributed by atoms with van der Waals surface area (Å²) in [5.41, 5.74) is 4.74. The summed E-state index contributed by atoms with van der Waals surface area (Å²) >= 11 is 0. The van der Waals surface area contributed by atoms with Crippen LogP contribution >= 0.6 is 0 Å². The third kappa shape index (κ3) is 5.42. The summed E-state index contributed by atoms with van der Waals surface area (Å²) in [4.78, 5) is 23.6. The van der Waals surface area contributed by atoms with Crippen LogP contribution in [-0.2, 0) is 9.53 Å². The molecule has 1 unspecified atom stereocenters. The first-order valence-electron chi connectivity index (χ1n) is 11.0. The number of hydrogen-bond acceptors (Lipinski definition) is 5. The van der Waals surface area contributed by atoms with E-state index in [9.17, 15) is 9.90 Å². The highest BCUT2D eigenvalue weighted by Crippen LogP contribution is 2.43. The molecule has 2 aromatic heterocycles. The highest BCUT2D eigenvalue weighted by molar-refractivity contribution is 5.86. The van der Waals surface area contributed by atoms with Gasteiger partial charge in [-0.2, -0.15) is 0 Å². The molecule has 3 rings (SSSR count). The molecule has 1 aliphatic heterocycles. The molecule has 0 spiro atoms. The molecule has 0 bridgehead atoms. The van der Waals surface area contributed by atoms with Gasteiger partial charge >= 0.3 is 5.97 Å². The van der Waals surface area contributed by atoms with Gasteiger partial charge in [-0.15, -0.1) is 0 Å². The molecule has 1 fully saturated rings. The first kappa shape index (κ1) is 23.2. The molecule has 3 heterocycles. The minimum Gasteiger partial charge on any atom is -0.479 e. The number of aliphatic carboxylic acids is 1. The van der Waals surface area contributed by atoms with Crippen molar-refractivity contribution in [2.75, 3.05) is 18.0 Å². The van der Waals surface area contributed by atoms with Crippen molar-refractivity contribution in [3.8, 4) is 11.1 Å². The van der Waals surface area contributed by atoms with Gasteiger partial charge in [-0.05, 0) is 70.6 Å². The second-order valence-corrected chi connectivity index (χ2v) is 10.3. The lowest BCUT2D eigenvalue weighted by molar-refractivity contribution is -0.160. The van der Waals surface area contributed by atoms with Crippen molar-refractivity contribution < 1.29 is 14.6 Å². The van der Waals surface area contributed by atoms with Crippen molar-refractivity contribution in [2.24, 2.45) is 5.41 Å². The molecule has 0 amide bonds. The number of anilines is 1. The summed E-state index contributed by atoms with van der Waals surface area (Å²) < 4.78 is 6.07. The summed E-state index contributed by atoms with van der Waals surface area (Å²) in [5, 5.41) is 10.1. The lowest BCUT2D eigenvalue weighted by atomic mass is 9.82. The van der Waals surface area contributed by atoms with Gasteiger partial charge in [-0.25, -0.2) is 4.79 Å². The van der Waals surface area contributed by atoms with E-state index in [1.807, 2.05) is 52.9 Å². The van der Waals surface area contributed by atoms with Crippen LogP contribution in [0.2, 0.25) is 0 Å². The lowest BCUT2D eigenvalue weighted by Gasteiger charge is -2.41. The number of rotatable bonds is 5. The highest BCUT2D eigenvalue weighted by Gasteiger charge is 2.35. The number of nitrogens with zero attached hydrogens (tertiary/aromatic N) is 3. The molecule has 0 aliphatic carbocycles. The Kier molecular flexibility index (Phi) is 6.42. The fourth-order valence-electron chi connectivity index (χ4n) is 4.11. The minimum absolute atomic E-state index is 0.278. The molecule has 0 aromatic carbocycles. The Bertz CT molecular complexity index is 953. The van der Waals surface area contributed by atoms with E-state index in [4.69, 9.17) is 4.74 Å². The van der Waals surface area contributed by atoms with Crippen LogP contribution in [0, 0.1) is 19.3 Å². The van der Waals surface area contributed by atoms with E-state index >= 15 is 0 Å². The number of piperidine rings is 1. The second kappa shape index (κ2) is 8.58. The Labute approximate surface area is 185 Å². The van der Waals surface area contributed by atoms with Crippen molar-refractivity contribution in [3.05, 3.63) is 41.5 Å². The van der Waals surface area contributed by atoms with Gasteiger partial charge in [0.2, 0.25) is 0 Å². The number of ether oxygens (including phenoxy) is 1. The van der Waals surface area contributed by atoms with Crippen molar-refractivity contribution in [2.45, 2.75) is 73.0 Å². The molecule has 1 N–H and O–H groups in total. The SMILES string of the molecule is Cc1cc(-c2cnc(C)c(C(OC(C)(C)C)C(=O)O)c2N2CCC(C)(C)CC2)ccn1. The third-order valence-corrected chi connectivity index (χ3v) is 5.89. The molecule has 1 aliphatic rings. The number of aryl methyl sites for hydroxylation is 2. The largest absolute Gasteiger partial charge is 0.479 e. The molecule has 1 atom stereocenters. The van der Waals surface area contributed by atoms with Crippen LogP contribution in [0.1, 0.15) is 70.5 Å². The van der Waals surface area contributed by atoms with E-state index in [1.54, 1.807) is 6.20 Å². The van der Waals surface area contributed by atoms with Gasteiger partial charge in [0.15, 0.2) is 6.10 Å². The molecule has 6 heteroatoms. The number of carboxylic acids is 1. The number of aromatic nitrogens is 2. The summed E-state index contributed by atoms with van der Waals surface area (Å²) in [6.07, 6.45) is 4.63. The normalized spacial score (nSPS) is 17.5. The molecular weight excluding hydrogens is 390 g/mol. The predicted molar refractivity (Wildman–Crippen MR) is 123 cm³/mol. The molecule has 2 aromatic rings. The van der Waals surface area contributed by atoms with E-state index in [-0.39, 0.29) is 5.41 Å². The molecule has 0 saturated carbocycles. The standard InChI is InChI=1S/C25H35N3O3/c1-16-14-18(8-11-26-16)19-15-27-17(2)20(22(23(29)30)31-24(3,4)5)21(19)28-12-9-25(6,7)10-13-28/h8,11,14-15,22H,9-10,12-13H2,1-7H3,(H,29,30). The fraction of sp³-hybridized carbons (Fsp3) is 0.560. The van der Waals surface area contributed by atoms with Crippen molar-refractivity contribution in [3.63, 3.8) is 0 Å². The average Bonchev–Trinajstić information content (AvgIpc) is 2.65. The van der Waals surface area contributed by atoms with Gasteiger partial charge in [0.1, 0.15) is 0 Å². The second-order valence-electron chi connectivity index (χ2n) is 10.3. The smallest absolute Gasteiger partial charge is 0.337 e. The summed E-state index contributed by atoms with van der Waals surface area (Å²) in [7, 11) is 0. The zero-order valence-corrected chi connectivity index (χ0v) is 19.8. The van der Waals surface area contributed by atoms with Crippen molar-refractivity contribution in [1.82, 2.24) is 9.97 Å². The van der Waals surface area contributed by atoms with Crippen LogP contribution in [-0.4, -0.2) is 39.7 Å². The number of hydrogen-bond donors (Lipinski definition) is 1. The Morgan fingerprint density at radius 1 is 1.19 bits per heavy atom. The molecular formula is C25H35N3O3. The fourth-order valence-corrected chi connectivity index (χ4v) is 4.11. The Morgan fingerprint density at radius 2 is 1.84 bits per heavy atom. The number of carboxylic acid groups (broad SMARTS) is 1. The minimum atomic E-state index is -1.10.